The van der Waals surface area contributed by atoms with E-state index in [9.17, 15) is 9.59 Å². The Kier molecular flexibility index (Phi) is 4.65. The lowest BCUT2D eigenvalue weighted by atomic mass is 10.1. The molecule has 20 heavy (non-hydrogen) atoms. The molecule has 5 nitrogen and oxygen atoms in total. The SMILES string of the molecule is CC(C(=O)O)C(=O)N1CCN(c2cccc(Br)c2)CC1. The average Bonchev–Trinajstić information content (AvgIpc) is 2.46. The second-order valence-corrected chi connectivity index (χ2v) is 5.77. The number of amides is 1. The van der Waals surface area contributed by atoms with Gasteiger partial charge in [0.05, 0.1) is 0 Å². The lowest BCUT2D eigenvalue weighted by Crippen LogP contribution is -2.51. The molecule has 6 heteroatoms. The number of carboxylic acids is 1. The van der Waals surface area contributed by atoms with Crippen LogP contribution in [0.2, 0.25) is 0 Å². The third-order valence-electron chi connectivity index (χ3n) is 3.51. The van der Waals surface area contributed by atoms with E-state index < -0.39 is 11.9 Å². The van der Waals surface area contributed by atoms with Crippen LogP contribution in [0.1, 0.15) is 6.92 Å². The van der Waals surface area contributed by atoms with Crippen LogP contribution in [0.5, 0.6) is 0 Å². The van der Waals surface area contributed by atoms with Crippen LogP contribution in [0.4, 0.5) is 5.69 Å². The van der Waals surface area contributed by atoms with Crippen molar-refractivity contribution < 1.29 is 14.7 Å². The highest BCUT2D eigenvalue weighted by Gasteiger charge is 2.28. The fourth-order valence-electron chi connectivity index (χ4n) is 2.24. The minimum atomic E-state index is -1.07. The van der Waals surface area contributed by atoms with Crippen LogP contribution >= 0.6 is 15.9 Å². The largest absolute Gasteiger partial charge is 0.481 e. The van der Waals surface area contributed by atoms with Crippen molar-refractivity contribution in [3.8, 4) is 0 Å². The van der Waals surface area contributed by atoms with Crippen LogP contribution in [0.25, 0.3) is 0 Å². The summed E-state index contributed by atoms with van der Waals surface area (Å²) in [5.41, 5.74) is 1.11. The maximum absolute atomic E-state index is 12.0. The summed E-state index contributed by atoms with van der Waals surface area (Å²) in [6, 6.07) is 8.01. The Bertz CT molecular complexity index is 513. The molecule has 0 aromatic heterocycles. The Morgan fingerprint density at radius 2 is 1.90 bits per heavy atom. The number of nitrogens with zero attached hydrogens (tertiary/aromatic N) is 2. The van der Waals surface area contributed by atoms with E-state index in [4.69, 9.17) is 5.11 Å². The average molecular weight is 341 g/mol. The molecule has 1 aliphatic rings. The summed E-state index contributed by atoms with van der Waals surface area (Å²) in [6.07, 6.45) is 0. The number of piperazine rings is 1. The van der Waals surface area contributed by atoms with E-state index in [1.807, 2.05) is 24.3 Å². The number of anilines is 1. The number of carbonyl (C=O) groups excluding carboxylic acids is 1. The molecule has 0 aliphatic carbocycles. The van der Waals surface area contributed by atoms with Crippen molar-refractivity contribution in [1.82, 2.24) is 4.90 Å². The monoisotopic (exact) mass is 340 g/mol. The number of benzene rings is 1. The third-order valence-corrected chi connectivity index (χ3v) is 4.00. The van der Waals surface area contributed by atoms with Crippen LogP contribution < -0.4 is 4.90 Å². The molecule has 1 amide bonds. The quantitative estimate of drug-likeness (QED) is 0.852. The molecular formula is C14H17BrN2O3. The van der Waals surface area contributed by atoms with Crippen molar-refractivity contribution >= 4 is 33.5 Å². The third kappa shape index (κ3) is 3.30. The summed E-state index contributed by atoms with van der Waals surface area (Å²) in [7, 11) is 0. The molecule has 0 bridgehead atoms. The summed E-state index contributed by atoms with van der Waals surface area (Å²) in [4.78, 5) is 26.6. The minimum Gasteiger partial charge on any atom is -0.481 e. The Morgan fingerprint density at radius 1 is 1.25 bits per heavy atom. The molecule has 0 radical (unpaired) electrons. The molecule has 0 spiro atoms. The summed E-state index contributed by atoms with van der Waals surface area (Å²) in [5.74, 6) is -2.33. The molecule has 1 aromatic carbocycles. The molecule has 108 valence electrons. The first-order valence-corrected chi connectivity index (χ1v) is 7.30. The number of carboxylic acid groups (broad SMARTS) is 1. The van der Waals surface area contributed by atoms with Crippen molar-refractivity contribution in [2.45, 2.75) is 6.92 Å². The van der Waals surface area contributed by atoms with E-state index in [1.165, 1.54) is 6.92 Å². The van der Waals surface area contributed by atoms with Gasteiger partial charge in [0, 0.05) is 36.3 Å². The fourth-order valence-corrected chi connectivity index (χ4v) is 2.62. The van der Waals surface area contributed by atoms with Gasteiger partial charge in [0.2, 0.25) is 5.91 Å². The van der Waals surface area contributed by atoms with E-state index in [1.54, 1.807) is 4.90 Å². The number of hydrogen-bond acceptors (Lipinski definition) is 3. The molecule has 0 saturated carbocycles. The molecule has 2 rings (SSSR count). The van der Waals surface area contributed by atoms with Gasteiger partial charge in [-0.25, -0.2) is 0 Å². The van der Waals surface area contributed by atoms with Gasteiger partial charge < -0.3 is 14.9 Å². The molecule has 1 fully saturated rings. The molecule has 1 aromatic rings. The standard InChI is InChI=1S/C14H17BrN2O3/c1-10(14(19)20)13(18)17-7-5-16(6-8-17)12-4-2-3-11(15)9-12/h2-4,9-10H,5-8H2,1H3,(H,19,20). The summed E-state index contributed by atoms with van der Waals surface area (Å²) < 4.78 is 1.02. The Hall–Kier alpha value is -1.56. The van der Waals surface area contributed by atoms with Gasteiger partial charge in [-0.15, -0.1) is 0 Å². The minimum absolute atomic E-state index is 0.300. The Morgan fingerprint density at radius 3 is 2.45 bits per heavy atom. The van der Waals surface area contributed by atoms with Crippen molar-refractivity contribution in [3.05, 3.63) is 28.7 Å². The molecule has 1 heterocycles. The van der Waals surface area contributed by atoms with Crippen LogP contribution in [0.3, 0.4) is 0 Å². The first kappa shape index (κ1) is 14.8. The molecule has 1 unspecified atom stereocenters. The Labute approximate surface area is 126 Å². The van der Waals surface area contributed by atoms with Gasteiger partial charge in [-0.05, 0) is 25.1 Å². The normalized spacial score (nSPS) is 16.9. The number of aliphatic carboxylic acids is 1. The van der Waals surface area contributed by atoms with Crippen LogP contribution in [0, 0.1) is 5.92 Å². The molecule has 1 saturated heterocycles. The number of carbonyl (C=O) groups is 2. The van der Waals surface area contributed by atoms with Crippen LogP contribution in [0.15, 0.2) is 28.7 Å². The molecular weight excluding hydrogens is 324 g/mol. The second-order valence-electron chi connectivity index (χ2n) is 4.85. The highest BCUT2D eigenvalue weighted by Crippen LogP contribution is 2.21. The zero-order chi connectivity index (χ0) is 14.7. The maximum Gasteiger partial charge on any atom is 0.315 e. The number of halogens is 1. The predicted octanol–water partition coefficient (Wildman–Crippen LogP) is 1.82. The van der Waals surface area contributed by atoms with Gasteiger partial charge in [-0.1, -0.05) is 22.0 Å². The zero-order valence-corrected chi connectivity index (χ0v) is 12.8. The molecule has 1 N–H and O–H groups in total. The van der Waals surface area contributed by atoms with Gasteiger partial charge in [-0.2, -0.15) is 0 Å². The van der Waals surface area contributed by atoms with Crippen molar-refractivity contribution in [2.75, 3.05) is 31.1 Å². The van der Waals surface area contributed by atoms with Crippen molar-refractivity contribution in [1.29, 1.82) is 0 Å². The lowest BCUT2D eigenvalue weighted by Gasteiger charge is -2.36. The van der Waals surface area contributed by atoms with Crippen LogP contribution in [-0.4, -0.2) is 48.1 Å². The van der Waals surface area contributed by atoms with E-state index in [2.05, 4.69) is 20.8 Å². The van der Waals surface area contributed by atoms with Gasteiger partial charge in [0.25, 0.3) is 0 Å². The summed E-state index contributed by atoms with van der Waals surface area (Å²) >= 11 is 3.44. The van der Waals surface area contributed by atoms with Crippen molar-refractivity contribution in [2.24, 2.45) is 5.92 Å². The van der Waals surface area contributed by atoms with E-state index in [0.717, 1.165) is 10.2 Å². The first-order chi connectivity index (χ1) is 9.49. The highest BCUT2D eigenvalue weighted by atomic mass is 79.9. The zero-order valence-electron chi connectivity index (χ0n) is 11.3. The maximum atomic E-state index is 12.0. The lowest BCUT2D eigenvalue weighted by molar-refractivity contribution is -0.150. The van der Waals surface area contributed by atoms with E-state index in [-0.39, 0.29) is 5.91 Å². The topological polar surface area (TPSA) is 60.9 Å². The van der Waals surface area contributed by atoms with E-state index in [0.29, 0.717) is 26.2 Å². The fraction of sp³-hybridized carbons (Fsp3) is 0.429. The van der Waals surface area contributed by atoms with Gasteiger partial charge in [0.1, 0.15) is 5.92 Å². The van der Waals surface area contributed by atoms with Gasteiger partial charge in [-0.3, -0.25) is 9.59 Å². The molecule has 1 atom stereocenters. The first-order valence-electron chi connectivity index (χ1n) is 6.51. The van der Waals surface area contributed by atoms with Crippen molar-refractivity contribution in [3.63, 3.8) is 0 Å². The highest BCUT2D eigenvalue weighted by molar-refractivity contribution is 9.10. The summed E-state index contributed by atoms with van der Waals surface area (Å²) in [5, 5.41) is 8.88. The Balaban J connectivity index is 1.96. The van der Waals surface area contributed by atoms with E-state index >= 15 is 0 Å². The molecule has 1 aliphatic heterocycles. The van der Waals surface area contributed by atoms with Gasteiger partial charge >= 0.3 is 5.97 Å². The second kappa shape index (κ2) is 6.26. The predicted molar refractivity (Wildman–Crippen MR) is 79.7 cm³/mol. The van der Waals surface area contributed by atoms with Crippen LogP contribution in [-0.2, 0) is 9.59 Å². The number of rotatable bonds is 3. The smallest absolute Gasteiger partial charge is 0.315 e. The number of hydrogen-bond donors (Lipinski definition) is 1. The summed E-state index contributed by atoms with van der Waals surface area (Å²) in [6.45, 7) is 3.99. The van der Waals surface area contributed by atoms with Gasteiger partial charge in [0.15, 0.2) is 0 Å².